The van der Waals surface area contributed by atoms with Crippen LogP contribution in [0.2, 0.25) is 0 Å². The number of piperazine rings is 1. The highest BCUT2D eigenvalue weighted by molar-refractivity contribution is 7.19. The first-order chi connectivity index (χ1) is 15.2. The van der Waals surface area contributed by atoms with E-state index in [9.17, 15) is 4.79 Å². The van der Waals surface area contributed by atoms with Gasteiger partial charge in [-0.25, -0.2) is 4.98 Å². The van der Waals surface area contributed by atoms with E-state index < -0.39 is 0 Å². The van der Waals surface area contributed by atoms with Crippen LogP contribution in [-0.2, 0) is 6.42 Å². The number of aryl methyl sites for hydroxylation is 1. The van der Waals surface area contributed by atoms with Crippen molar-refractivity contribution in [3.8, 4) is 11.3 Å². The van der Waals surface area contributed by atoms with Crippen molar-refractivity contribution in [2.75, 3.05) is 32.7 Å². The number of fused-ring (bicyclic) bond motifs is 1. The van der Waals surface area contributed by atoms with Crippen molar-refractivity contribution in [1.82, 2.24) is 19.2 Å². The summed E-state index contributed by atoms with van der Waals surface area (Å²) < 4.78 is 2.05. The zero-order valence-electron chi connectivity index (χ0n) is 17.7. The van der Waals surface area contributed by atoms with Crippen molar-refractivity contribution < 1.29 is 4.79 Å². The van der Waals surface area contributed by atoms with Gasteiger partial charge < -0.3 is 4.90 Å². The Morgan fingerprint density at radius 3 is 2.32 bits per heavy atom. The second-order valence-corrected chi connectivity index (χ2v) is 9.01. The first kappa shape index (κ1) is 20.0. The predicted octanol–water partition coefficient (Wildman–Crippen LogP) is 4.37. The van der Waals surface area contributed by atoms with E-state index in [4.69, 9.17) is 4.98 Å². The predicted molar refractivity (Wildman–Crippen MR) is 126 cm³/mol. The monoisotopic (exact) mass is 430 g/mol. The van der Waals surface area contributed by atoms with E-state index >= 15 is 0 Å². The molecule has 0 atom stereocenters. The Morgan fingerprint density at radius 2 is 1.65 bits per heavy atom. The summed E-state index contributed by atoms with van der Waals surface area (Å²) in [4.78, 5) is 24.1. The maximum atomic E-state index is 13.2. The van der Waals surface area contributed by atoms with Crippen LogP contribution < -0.4 is 0 Å². The third-order valence-corrected chi connectivity index (χ3v) is 7.18. The van der Waals surface area contributed by atoms with E-state index in [-0.39, 0.29) is 5.91 Å². The molecule has 1 amide bonds. The van der Waals surface area contributed by atoms with E-state index in [0.717, 1.165) is 65.9 Å². The van der Waals surface area contributed by atoms with Crippen LogP contribution in [0.1, 0.15) is 20.9 Å². The van der Waals surface area contributed by atoms with Gasteiger partial charge in [0.05, 0.1) is 5.69 Å². The largest absolute Gasteiger partial charge is 0.335 e. The van der Waals surface area contributed by atoms with Crippen molar-refractivity contribution in [2.45, 2.75) is 13.3 Å². The Labute approximate surface area is 186 Å². The normalized spacial score (nSPS) is 14.9. The molecule has 1 saturated heterocycles. The molecule has 0 N–H and O–H groups in total. The molecule has 4 aromatic rings. The number of thiazole rings is 1. The maximum absolute atomic E-state index is 13.2. The van der Waals surface area contributed by atoms with Crippen LogP contribution in [0.25, 0.3) is 16.2 Å². The van der Waals surface area contributed by atoms with Gasteiger partial charge in [0.2, 0.25) is 0 Å². The van der Waals surface area contributed by atoms with Gasteiger partial charge in [0.1, 0.15) is 4.88 Å². The molecule has 5 nitrogen and oxygen atoms in total. The Kier molecular flexibility index (Phi) is 5.57. The molecule has 5 rings (SSSR count). The number of hydrogen-bond acceptors (Lipinski definition) is 4. The zero-order chi connectivity index (χ0) is 21.2. The van der Waals surface area contributed by atoms with Crippen LogP contribution in [0.5, 0.6) is 0 Å². The maximum Gasteiger partial charge on any atom is 0.265 e. The summed E-state index contributed by atoms with van der Waals surface area (Å²) in [5.41, 5.74) is 4.39. The molecule has 158 valence electrons. The van der Waals surface area contributed by atoms with Crippen LogP contribution >= 0.6 is 11.3 Å². The van der Waals surface area contributed by atoms with Crippen molar-refractivity contribution in [1.29, 1.82) is 0 Å². The number of nitrogens with zero attached hydrogens (tertiary/aromatic N) is 4. The van der Waals surface area contributed by atoms with Crippen LogP contribution in [0.3, 0.4) is 0 Å². The molecular formula is C25H26N4OS. The lowest BCUT2D eigenvalue weighted by Gasteiger charge is -2.34. The molecule has 1 aliphatic rings. The molecular weight excluding hydrogens is 404 g/mol. The van der Waals surface area contributed by atoms with E-state index in [1.807, 2.05) is 36.2 Å². The number of carbonyl (C=O) groups excluding carboxylic acids is 1. The Hall–Kier alpha value is -2.96. The fourth-order valence-corrected chi connectivity index (χ4v) is 5.22. The lowest BCUT2D eigenvalue weighted by atomic mass is 10.1. The molecule has 1 aliphatic heterocycles. The fourth-order valence-electron chi connectivity index (χ4n) is 4.15. The molecule has 1 fully saturated rings. The van der Waals surface area contributed by atoms with Gasteiger partial charge >= 0.3 is 0 Å². The summed E-state index contributed by atoms with van der Waals surface area (Å²) in [7, 11) is 0. The molecule has 2 aromatic carbocycles. The first-order valence-electron chi connectivity index (χ1n) is 10.8. The topological polar surface area (TPSA) is 40.9 Å². The number of aromatic nitrogens is 2. The third kappa shape index (κ3) is 4.13. The Balaban J connectivity index is 1.23. The number of imidazole rings is 1. The summed E-state index contributed by atoms with van der Waals surface area (Å²) in [5.74, 6) is 0.136. The van der Waals surface area contributed by atoms with Crippen molar-refractivity contribution in [2.24, 2.45) is 0 Å². The molecule has 6 heteroatoms. The average Bonchev–Trinajstić information content (AvgIpc) is 3.38. The molecule has 0 unspecified atom stereocenters. The third-order valence-electron chi connectivity index (χ3n) is 6.04. The van der Waals surface area contributed by atoms with Gasteiger partial charge in [-0.15, -0.1) is 0 Å². The first-order valence-corrected chi connectivity index (χ1v) is 11.6. The minimum Gasteiger partial charge on any atom is -0.335 e. The number of carbonyl (C=O) groups is 1. The molecule has 0 bridgehead atoms. The second kappa shape index (κ2) is 8.65. The Morgan fingerprint density at radius 1 is 0.968 bits per heavy atom. The SMILES string of the molecule is Cc1c(C(=O)N2CCN(CCc3ccccc3)CC2)sc2nc(-c3ccccc3)cn12. The molecule has 0 radical (unpaired) electrons. The van der Waals surface area contributed by atoms with Gasteiger partial charge in [0, 0.05) is 50.2 Å². The van der Waals surface area contributed by atoms with Gasteiger partial charge in [-0.2, -0.15) is 0 Å². The van der Waals surface area contributed by atoms with Gasteiger partial charge in [0.15, 0.2) is 4.96 Å². The van der Waals surface area contributed by atoms with Crippen LogP contribution in [-0.4, -0.2) is 57.8 Å². The summed E-state index contributed by atoms with van der Waals surface area (Å²) in [6.07, 6.45) is 3.09. The molecule has 31 heavy (non-hydrogen) atoms. The van der Waals surface area contributed by atoms with E-state index in [0.29, 0.717) is 0 Å². The molecule has 2 aromatic heterocycles. The van der Waals surface area contributed by atoms with Gasteiger partial charge in [-0.3, -0.25) is 14.1 Å². The van der Waals surface area contributed by atoms with Gasteiger partial charge in [0.25, 0.3) is 5.91 Å². The van der Waals surface area contributed by atoms with Gasteiger partial charge in [-0.05, 0) is 18.9 Å². The quantitative estimate of drug-likeness (QED) is 0.472. The summed E-state index contributed by atoms with van der Waals surface area (Å²) >= 11 is 1.50. The number of hydrogen-bond donors (Lipinski definition) is 0. The molecule has 0 spiro atoms. The highest BCUT2D eigenvalue weighted by atomic mass is 32.1. The lowest BCUT2D eigenvalue weighted by molar-refractivity contribution is 0.0642. The second-order valence-electron chi connectivity index (χ2n) is 8.03. The highest BCUT2D eigenvalue weighted by Gasteiger charge is 2.26. The standard InChI is InChI=1S/C25H26N4OS/c1-19-23(31-25-26-22(18-29(19)25)21-10-6-3-7-11-21)24(30)28-16-14-27(15-17-28)13-12-20-8-4-2-5-9-20/h2-11,18H,12-17H2,1H3. The fraction of sp³-hybridized carbons (Fsp3) is 0.280. The van der Waals surface area contributed by atoms with Crippen LogP contribution in [0, 0.1) is 6.92 Å². The summed E-state index contributed by atoms with van der Waals surface area (Å²) in [6.45, 7) is 6.48. The highest BCUT2D eigenvalue weighted by Crippen LogP contribution is 2.28. The van der Waals surface area contributed by atoms with E-state index in [1.54, 1.807) is 0 Å². The number of amides is 1. The smallest absolute Gasteiger partial charge is 0.265 e. The van der Waals surface area contributed by atoms with Crippen molar-refractivity contribution >= 4 is 22.2 Å². The number of benzene rings is 2. The molecule has 0 aliphatic carbocycles. The van der Waals surface area contributed by atoms with Crippen molar-refractivity contribution in [3.05, 3.63) is 83.0 Å². The summed E-state index contributed by atoms with van der Waals surface area (Å²) in [5, 5.41) is 0. The zero-order valence-corrected chi connectivity index (χ0v) is 18.5. The lowest BCUT2D eigenvalue weighted by Crippen LogP contribution is -2.49. The number of rotatable bonds is 5. The average molecular weight is 431 g/mol. The molecule has 3 heterocycles. The van der Waals surface area contributed by atoms with Crippen molar-refractivity contribution in [3.63, 3.8) is 0 Å². The van der Waals surface area contributed by atoms with E-state index in [1.165, 1.54) is 16.9 Å². The van der Waals surface area contributed by atoms with Gasteiger partial charge in [-0.1, -0.05) is 72.0 Å². The summed E-state index contributed by atoms with van der Waals surface area (Å²) in [6, 6.07) is 20.8. The Bertz CT molecular complexity index is 1170. The van der Waals surface area contributed by atoms with E-state index in [2.05, 4.69) is 51.8 Å². The minimum atomic E-state index is 0.136. The van der Waals surface area contributed by atoms with Crippen LogP contribution in [0.15, 0.2) is 66.9 Å². The minimum absolute atomic E-state index is 0.136. The molecule has 0 saturated carbocycles. The van der Waals surface area contributed by atoms with Crippen LogP contribution in [0.4, 0.5) is 0 Å².